The molecule has 0 aliphatic carbocycles. The van der Waals surface area contributed by atoms with Gasteiger partial charge < -0.3 is 18.9 Å². The van der Waals surface area contributed by atoms with Crippen molar-refractivity contribution in [2.24, 2.45) is 0 Å². The molecular weight excluding hydrogens is 224 g/mol. The van der Waals surface area contributed by atoms with Crippen LogP contribution in [0.5, 0.6) is 0 Å². The van der Waals surface area contributed by atoms with E-state index in [0.29, 0.717) is 13.2 Å². The van der Waals surface area contributed by atoms with E-state index < -0.39 is 0 Å². The molecule has 1 heterocycles. The monoisotopic (exact) mass is 246 g/mol. The van der Waals surface area contributed by atoms with Crippen molar-refractivity contribution < 1.29 is 23.7 Å². The highest BCUT2D eigenvalue weighted by Crippen LogP contribution is 2.19. The lowest BCUT2D eigenvalue weighted by Gasteiger charge is -2.12. The maximum Gasteiger partial charge on any atom is 0.332 e. The van der Waals surface area contributed by atoms with Crippen molar-refractivity contribution in [3.05, 3.63) is 0 Å². The van der Waals surface area contributed by atoms with E-state index in [4.69, 9.17) is 18.9 Å². The van der Waals surface area contributed by atoms with Gasteiger partial charge in [-0.25, -0.2) is 4.79 Å². The summed E-state index contributed by atoms with van der Waals surface area (Å²) in [5.41, 5.74) is 0. The van der Waals surface area contributed by atoms with E-state index in [1.54, 1.807) is 7.11 Å². The van der Waals surface area contributed by atoms with Gasteiger partial charge in [0, 0.05) is 13.5 Å². The Labute approximate surface area is 102 Å². The van der Waals surface area contributed by atoms with Crippen LogP contribution >= 0.6 is 0 Å². The molecule has 17 heavy (non-hydrogen) atoms. The Hall–Kier alpha value is -0.650. The second kappa shape index (κ2) is 8.44. The molecule has 0 unspecified atom stereocenters. The molecule has 1 fully saturated rings. The van der Waals surface area contributed by atoms with Crippen LogP contribution in [0.1, 0.15) is 32.6 Å². The molecule has 0 bridgehead atoms. The summed E-state index contributed by atoms with van der Waals surface area (Å²) < 4.78 is 20.8. The fourth-order valence-electron chi connectivity index (χ4n) is 1.61. The molecule has 0 N–H and O–H groups in total. The third-order valence-corrected chi connectivity index (χ3v) is 2.62. The summed E-state index contributed by atoms with van der Waals surface area (Å²) in [7, 11) is 1.62. The van der Waals surface area contributed by atoms with Gasteiger partial charge in [-0.1, -0.05) is 13.3 Å². The molecule has 1 aliphatic heterocycles. The second-order valence-corrected chi connectivity index (χ2v) is 4.09. The van der Waals surface area contributed by atoms with Gasteiger partial charge in [0.25, 0.3) is 0 Å². The summed E-state index contributed by atoms with van der Waals surface area (Å²) in [5.74, 6) is -0.306. The topological polar surface area (TPSA) is 54.0 Å². The number of hydrogen-bond donors (Lipinski definition) is 0. The fourth-order valence-corrected chi connectivity index (χ4v) is 1.61. The summed E-state index contributed by atoms with van der Waals surface area (Å²) in [4.78, 5) is 11.2. The number of carbonyl (C=O) groups is 1. The average Bonchev–Trinajstić information content (AvgIpc) is 2.77. The minimum atomic E-state index is -0.306. The lowest BCUT2D eigenvalue weighted by atomic mass is 10.2. The number of unbranched alkanes of at least 4 members (excludes halogenated alkanes) is 1. The largest absolute Gasteiger partial charge is 0.464 e. The van der Waals surface area contributed by atoms with Crippen LogP contribution in [0.4, 0.5) is 0 Å². The van der Waals surface area contributed by atoms with E-state index in [9.17, 15) is 4.79 Å². The standard InChI is InChI=1S/C12H22O5/c1-3-4-7-16-11(13)9-15-8-10-5-6-12(14-2)17-10/h10,12H,3-9H2,1-2H3/t10-,12+/m0/s1. The zero-order valence-corrected chi connectivity index (χ0v) is 10.6. The fraction of sp³-hybridized carbons (Fsp3) is 0.917. The first-order valence-electron chi connectivity index (χ1n) is 6.18. The maximum absolute atomic E-state index is 11.2. The van der Waals surface area contributed by atoms with Crippen molar-refractivity contribution >= 4 is 5.97 Å². The zero-order valence-electron chi connectivity index (χ0n) is 10.6. The first-order chi connectivity index (χ1) is 8.26. The summed E-state index contributed by atoms with van der Waals surface area (Å²) >= 11 is 0. The van der Waals surface area contributed by atoms with Crippen LogP contribution in [-0.2, 0) is 23.7 Å². The van der Waals surface area contributed by atoms with Crippen molar-refractivity contribution in [3.8, 4) is 0 Å². The van der Waals surface area contributed by atoms with Gasteiger partial charge in [0.15, 0.2) is 6.29 Å². The van der Waals surface area contributed by atoms with Gasteiger partial charge in [-0.05, 0) is 12.8 Å². The number of hydrogen-bond acceptors (Lipinski definition) is 5. The number of carbonyl (C=O) groups excluding carboxylic acids is 1. The molecule has 100 valence electrons. The van der Waals surface area contributed by atoms with Gasteiger partial charge in [0.05, 0.1) is 19.3 Å². The predicted octanol–water partition coefficient (Wildman–Crippen LogP) is 1.50. The first kappa shape index (κ1) is 14.4. The minimum absolute atomic E-state index is 0.00121. The third kappa shape index (κ3) is 6.00. The molecule has 1 rings (SSSR count). The summed E-state index contributed by atoms with van der Waals surface area (Å²) in [6, 6.07) is 0. The Kier molecular flexibility index (Phi) is 7.16. The summed E-state index contributed by atoms with van der Waals surface area (Å²) in [5, 5.41) is 0. The van der Waals surface area contributed by atoms with Crippen LogP contribution < -0.4 is 0 Å². The van der Waals surface area contributed by atoms with Crippen LogP contribution in [-0.4, -0.2) is 45.3 Å². The van der Waals surface area contributed by atoms with E-state index >= 15 is 0 Å². The van der Waals surface area contributed by atoms with Crippen LogP contribution in [0, 0.1) is 0 Å². The van der Waals surface area contributed by atoms with Crippen molar-refractivity contribution in [1.29, 1.82) is 0 Å². The number of rotatable bonds is 8. The second-order valence-electron chi connectivity index (χ2n) is 4.09. The van der Waals surface area contributed by atoms with Crippen LogP contribution in [0.15, 0.2) is 0 Å². The highest BCUT2D eigenvalue weighted by atomic mass is 16.7. The molecule has 5 nitrogen and oxygen atoms in total. The smallest absolute Gasteiger partial charge is 0.332 e. The van der Waals surface area contributed by atoms with Gasteiger partial charge in [-0.3, -0.25) is 0 Å². The van der Waals surface area contributed by atoms with Gasteiger partial charge in [0.1, 0.15) is 6.61 Å². The van der Waals surface area contributed by atoms with Crippen LogP contribution in [0.2, 0.25) is 0 Å². The number of methoxy groups -OCH3 is 1. The van der Waals surface area contributed by atoms with Gasteiger partial charge in [0.2, 0.25) is 0 Å². The average molecular weight is 246 g/mol. The maximum atomic E-state index is 11.2. The molecule has 0 saturated carbocycles. The molecule has 2 atom stereocenters. The molecule has 0 spiro atoms. The molecule has 1 aliphatic rings. The summed E-state index contributed by atoms with van der Waals surface area (Å²) in [6.07, 6.45) is 3.60. The molecule has 0 aromatic rings. The van der Waals surface area contributed by atoms with Crippen molar-refractivity contribution in [3.63, 3.8) is 0 Å². The third-order valence-electron chi connectivity index (χ3n) is 2.62. The Bertz CT molecular complexity index is 219. The van der Waals surface area contributed by atoms with Crippen molar-refractivity contribution in [1.82, 2.24) is 0 Å². The molecule has 0 aromatic heterocycles. The Balaban J connectivity index is 1.98. The molecular formula is C12H22O5. The first-order valence-corrected chi connectivity index (χ1v) is 6.18. The quantitative estimate of drug-likeness (QED) is 0.480. The molecule has 5 heteroatoms. The van der Waals surface area contributed by atoms with E-state index in [1.165, 1.54) is 0 Å². The summed E-state index contributed by atoms with van der Waals surface area (Å²) in [6.45, 7) is 2.95. The number of esters is 1. The normalized spacial score (nSPS) is 23.9. The van der Waals surface area contributed by atoms with Crippen molar-refractivity contribution in [2.75, 3.05) is 26.9 Å². The van der Waals surface area contributed by atoms with E-state index in [2.05, 4.69) is 0 Å². The van der Waals surface area contributed by atoms with E-state index in [1.807, 2.05) is 6.92 Å². The molecule has 0 amide bonds. The Morgan fingerprint density at radius 3 is 2.88 bits per heavy atom. The Morgan fingerprint density at radius 1 is 1.41 bits per heavy atom. The lowest BCUT2D eigenvalue weighted by Crippen LogP contribution is -2.21. The Morgan fingerprint density at radius 2 is 2.24 bits per heavy atom. The van der Waals surface area contributed by atoms with Gasteiger partial charge in [-0.2, -0.15) is 0 Å². The molecule has 1 saturated heterocycles. The lowest BCUT2D eigenvalue weighted by molar-refractivity contribution is -0.153. The van der Waals surface area contributed by atoms with Gasteiger partial charge >= 0.3 is 5.97 Å². The SMILES string of the molecule is CCCCOC(=O)COC[C@@H]1CC[C@H](OC)O1. The van der Waals surface area contributed by atoms with Crippen LogP contribution in [0.3, 0.4) is 0 Å². The minimum Gasteiger partial charge on any atom is -0.464 e. The molecule has 0 radical (unpaired) electrons. The molecule has 0 aromatic carbocycles. The van der Waals surface area contributed by atoms with E-state index in [0.717, 1.165) is 25.7 Å². The van der Waals surface area contributed by atoms with E-state index in [-0.39, 0.29) is 25.0 Å². The highest BCUT2D eigenvalue weighted by Gasteiger charge is 2.25. The van der Waals surface area contributed by atoms with Crippen LogP contribution in [0.25, 0.3) is 0 Å². The van der Waals surface area contributed by atoms with Crippen molar-refractivity contribution in [2.45, 2.75) is 45.0 Å². The number of ether oxygens (including phenoxy) is 4. The predicted molar refractivity (Wildman–Crippen MR) is 61.6 cm³/mol. The van der Waals surface area contributed by atoms with Gasteiger partial charge in [-0.15, -0.1) is 0 Å². The zero-order chi connectivity index (χ0) is 12.5. The highest BCUT2D eigenvalue weighted by molar-refractivity contribution is 5.70.